The Balaban J connectivity index is 1.54. The second-order valence-electron chi connectivity index (χ2n) is 6.25. The number of Topliss-reactive ketones (excluding diaryl/α,β-unsaturated/α-hetero) is 1. The van der Waals surface area contributed by atoms with Crippen LogP contribution in [0.3, 0.4) is 0 Å². The number of hydrogen-bond donors (Lipinski definition) is 0. The van der Waals surface area contributed by atoms with Crippen LogP contribution >= 0.6 is 11.3 Å². The Hall–Kier alpha value is -2.02. The molecule has 2 aliphatic rings. The van der Waals surface area contributed by atoms with Crippen molar-refractivity contribution in [2.75, 3.05) is 13.2 Å². The van der Waals surface area contributed by atoms with Gasteiger partial charge >= 0.3 is 5.97 Å². The molecule has 1 aromatic rings. The van der Waals surface area contributed by atoms with Gasteiger partial charge in [0.1, 0.15) is 6.54 Å². The quantitative estimate of drug-likeness (QED) is 0.461. The molecule has 2 fully saturated rings. The number of thiophene rings is 1. The summed E-state index contributed by atoms with van der Waals surface area (Å²) >= 11 is 1.34. The van der Waals surface area contributed by atoms with Crippen molar-refractivity contribution in [3.05, 3.63) is 21.9 Å². The summed E-state index contributed by atoms with van der Waals surface area (Å²) in [5.74, 6) is -2.13. The fourth-order valence-electron chi connectivity index (χ4n) is 3.36. The summed E-state index contributed by atoms with van der Waals surface area (Å²) in [7, 11) is 0. The van der Waals surface area contributed by atoms with E-state index < -0.39 is 12.5 Å². The first kappa shape index (κ1) is 16.8. The highest BCUT2D eigenvalue weighted by Crippen LogP contribution is 2.37. The molecule has 1 aliphatic heterocycles. The molecular weight excluding hydrogens is 330 g/mol. The number of imide groups is 1. The molecule has 0 unspecified atom stereocenters. The van der Waals surface area contributed by atoms with E-state index in [4.69, 9.17) is 4.74 Å². The van der Waals surface area contributed by atoms with Crippen molar-refractivity contribution < 1.29 is 23.9 Å². The zero-order chi connectivity index (χ0) is 17.3. The Morgan fingerprint density at radius 1 is 1.17 bits per heavy atom. The SMILES string of the molecule is Cc1ccc(C(=O)COC(=O)CN2C(=O)[C@@H]3CCCC[C@H]3C2=O)s1. The van der Waals surface area contributed by atoms with Gasteiger partial charge in [-0.1, -0.05) is 12.8 Å². The molecule has 128 valence electrons. The lowest BCUT2D eigenvalue weighted by Gasteiger charge is -2.19. The highest BCUT2D eigenvalue weighted by Gasteiger charge is 2.48. The third-order valence-electron chi connectivity index (χ3n) is 4.60. The molecule has 24 heavy (non-hydrogen) atoms. The molecule has 0 aromatic carbocycles. The zero-order valence-corrected chi connectivity index (χ0v) is 14.3. The van der Waals surface area contributed by atoms with Crippen molar-refractivity contribution >= 4 is 34.9 Å². The number of aryl methyl sites for hydroxylation is 1. The van der Waals surface area contributed by atoms with Crippen LogP contribution in [0.15, 0.2) is 12.1 Å². The third kappa shape index (κ3) is 3.26. The van der Waals surface area contributed by atoms with Crippen molar-refractivity contribution in [3.63, 3.8) is 0 Å². The van der Waals surface area contributed by atoms with Crippen LogP contribution in [0, 0.1) is 18.8 Å². The van der Waals surface area contributed by atoms with Gasteiger partial charge in [0.2, 0.25) is 17.6 Å². The van der Waals surface area contributed by atoms with Crippen LogP contribution < -0.4 is 0 Å². The molecule has 2 amide bonds. The average Bonchev–Trinajstić information content (AvgIpc) is 3.11. The summed E-state index contributed by atoms with van der Waals surface area (Å²) in [5.41, 5.74) is 0. The molecule has 1 aromatic heterocycles. The normalized spacial score (nSPS) is 23.3. The van der Waals surface area contributed by atoms with Gasteiger partial charge in [0, 0.05) is 4.88 Å². The van der Waals surface area contributed by atoms with Crippen LogP contribution in [0.5, 0.6) is 0 Å². The van der Waals surface area contributed by atoms with E-state index in [9.17, 15) is 19.2 Å². The first-order valence-corrected chi connectivity index (χ1v) is 8.89. The summed E-state index contributed by atoms with van der Waals surface area (Å²) in [6.07, 6.45) is 3.29. The molecular formula is C17H19NO5S. The van der Waals surface area contributed by atoms with Crippen molar-refractivity contribution in [3.8, 4) is 0 Å². The molecule has 0 N–H and O–H groups in total. The van der Waals surface area contributed by atoms with Crippen LogP contribution in [0.1, 0.15) is 40.2 Å². The van der Waals surface area contributed by atoms with Gasteiger partial charge in [-0.2, -0.15) is 0 Å². The number of fused-ring (bicyclic) bond motifs is 1. The van der Waals surface area contributed by atoms with Gasteiger partial charge < -0.3 is 4.74 Å². The fourth-order valence-corrected chi connectivity index (χ4v) is 4.15. The maximum atomic E-state index is 12.3. The summed E-state index contributed by atoms with van der Waals surface area (Å²) < 4.78 is 4.95. The Morgan fingerprint density at radius 2 is 1.79 bits per heavy atom. The van der Waals surface area contributed by atoms with Gasteiger partial charge in [-0.15, -0.1) is 11.3 Å². The fraction of sp³-hybridized carbons (Fsp3) is 0.529. The zero-order valence-electron chi connectivity index (χ0n) is 13.4. The number of nitrogens with zero attached hydrogens (tertiary/aromatic N) is 1. The van der Waals surface area contributed by atoms with E-state index >= 15 is 0 Å². The van der Waals surface area contributed by atoms with Gasteiger partial charge in [-0.25, -0.2) is 0 Å². The topological polar surface area (TPSA) is 80.8 Å². The van der Waals surface area contributed by atoms with Crippen LogP contribution in [0.4, 0.5) is 0 Å². The maximum Gasteiger partial charge on any atom is 0.326 e. The average molecular weight is 349 g/mol. The van der Waals surface area contributed by atoms with Gasteiger partial charge in [0.05, 0.1) is 16.7 Å². The Bertz CT molecular complexity index is 671. The van der Waals surface area contributed by atoms with Crippen molar-refractivity contribution in [2.45, 2.75) is 32.6 Å². The Morgan fingerprint density at radius 3 is 2.33 bits per heavy atom. The van der Waals surface area contributed by atoms with Crippen molar-refractivity contribution in [1.29, 1.82) is 0 Å². The number of amides is 2. The molecule has 0 spiro atoms. The largest absolute Gasteiger partial charge is 0.456 e. The van der Waals surface area contributed by atoms with Crippen LogP contribution in [-0.4, -0.2) is 41.6 Å². The van der Waals surface area contributed by atoms with E-state index in [0.717, 1.165) is 22.6 Å². The monoisotopic (exact) mass is 349 g/mol. The van der Waals surface area contributed by atoms with E-state index in [1.165, 1.54) is 11.3 Å². The van der Waals surface area contributed by atoms with Crippen LogP contribution in [0.2, 0.25) is 0 Å². The molecule has 1 saturated heterocycles. The minimum Gasteiger partial charge on any atom is -0.456 e. The Kier molecular flexibility index (Phi) is 4.80. The maximum absolute atomic E-state index is 12.3. The van der Waals surface area contributed by atoms with Crippen LogP contribution in [-0.2, 0) is 19.1 Å². The number of carbonyl (C=O) groups excluding carboxylic acids is 4. The molecule has 1 saturated carbocycles. The molecule has 3 rings (SSSR count). The predicted molar refractivity (Wildman–Crippen MR) is 86.5 cm³/mol. The van der Waals surface area contributed by atoms with Gasteiger partial charge in [-0.3, -0.25) is 24.1 Å². The standard InChI is InChI=1S/C17H19NO5S/c1-10-6-7-14(24-10)13(19)9-23-15(20)8-18-16(21)11-4-2-3-5-12(11)17(18)22/h6-7,11-12H,2-5,8-9H2,1H3/t11-,12-/m1/s1. The summed E-state index contributed by atoms with van der Waals surface area (Å²) in [6, 6.07) is 3.51. The third-order valence-corrected chi connectivity index (χ3v) is 5.64. The van der Waals surface area contributed by atoms with Crippen molar-refractivity contribution in [1.82, 2.24) is 4.90 Å². The first-order chi connectivity index (χ1) is 11.5. The number of hydrogen-bond acceptors (Lipinski definition) is 6. The highest BCUT2D eigenvalue weighted by atomic mass is 32.1. The van der Waals surface area contributed by atoms with E-state index in [0.29, 0.717) is 17.7 Å². The summed E-state index contributed by atoms with van der Waals surface area (Å²) in [5, 5.41) is 0. The lowest BCUT2D eigenvalue weighted by atomic mass is 9.81. The number of rotatable bonds is 5. The Labute approximate surface area is 143 Å². The number of esters is 1. The second-order valence-corrected chi connectivity index (χ2v) is 7.54. The summed E-state index contributed by atoms with van der Waals surface area (Å²) in [6.45, 7) is 1.11. The number of carbonyl (C=O) groups is 4. The van der Waals surface area contributed by atoms with E-state index in [-0.39, 0.29) is 36.0 Å². The van der Waals surface area contributed by atoms with Gasteiger partial charge in [0.15, 0.2) is 6.61 Å². The van der Waals surface area contributed by atoms with E-state index in [2.05, 4.69) is 0 Å². The highest BCUT2D eigenvalue weighted by molar-refractivity contribution is 7.14. The summed E-state index contributed by atoms with van der Waals surface area (Å²) in [4.78, 5) is 50.9. The molecule has 7 heteroatoms. The smallest absolute Gasteiger partial charge is 0.326 e. The van der Waals surface area contributed by atoms with Crippen molar-refractivity contribution in [2.24, 2.45) is 11.8 Å². The number of ether oxygens (including phenoxy) is 1. The predicted octanol–water partition coefficient (Wildman–Crippen LogP) is 1.96. The molecule has 2 atom stereocenters. The van der Waals surface area contributed by atoms with E-state index in [1.54, 1.807) is 6.07 Å². The van der Waals surface area contributed by atoms with Gasteiger partial charge in [0.25, 0.3) is 0 Å². The number of ketones is 1. The van der Waals surface area contributed by atoms with Gasteiger partial charge in [-0.05, 0) is 31.9 Å². The van der Waals surface area contributed by atoms with Crippen LogP contribution in [0.25, 0.3) is 0 Å². The number of likely N-dealkylation sites (tertiary alicyclic amines) is 1. The molecule has 2 heterocycles. The molecule has 0 bridgehead atoms. The first-order valence-electron chi connectivity index (χ1n) is 8.08. The lowest BCUT2D eigenvalue weighted by Crippen LogP contribution is -2.37. The minimum absolute atomic E-state index is 0.276. The molecule has 0 radical (unpaired) electrons. The second kappa shape index (κ2) is 6.84. The molecule has 6 nitrogen and oxygen atoms in total. The lowest BCUT2D eigenvalue weighted by molar-refractivity contribution is -0.152. The minimum atomic E-state index is -0.725. The molecule has 1 aliphatic carbocycles. The van der Waals surface area contributed by atoms with E-state index in [1.807, 2.05) is 13.0 Å².